The van der Waals surface area contributed by atoms with Gasteiger partial charge in [0.05, 0.1) is 0 Å². The molecule has 9 aromatic carbocycles. The van der Waals surface area contributed by atoms with E-state index < -0.39 is 0 Å². The molecule has 2 aromatic heterocycles. The second kappa shape index (κ2) is 9.57. The van der Waals surface area contributed by atoms with E-state index in [1.165, 1.54) is 65.3 Å². The Morgan fingerprint density at radius 3 is 1.62 bits per heavy atom. The van der Waals surface area contributed by atoms with Crippen LogP contribution in [-0.2, 0) is 0 Å². The summed E-state index contributed by atoms with van der Waals surface area (Å²) in [5, 5.41) is 12.1. The topological polar surface area (TPSA) is 26.3 Å². The molecule has 0 radical (unpaired) electrons. The molecule has 0 aliphatic carbocycles. The summed E-state index contributed by atoms with van der Waals surface area (Å²) in [5.41, 5.74) is 10.9. The van der Waals surface area contributed by atoms with Gasteiger partial charge in [-0.05, 0) is 108 Å². The zero-order chi connectivity index (χ0) is 31.3. The van der Waals surface area contributed by atoms with Crippen LogP contribution < -0.4 is 0 Å². The lowest BCUT2D eigenvalue weighted by atomic mass is 9.83. The largest absolute Gasteiger partial charge is 0.456 e. The van der Waals surface area contributed by atoms with Crippen LogP contribution in [0.4, 0.5) is 0 Å². The number of hydrogen-bond acceptors (Lipinski definition) is 2. The van der Waals surface area contributed by atoms with Crippen molar-refractivity contribution in [3.05, 3.63) is 158 Å². The van der Waals surface area contributed by atoms with Gasteiger partial charge in [0.1, 0.15) is 22.3 Å². The van der Waals surface area contributed by atoms with E-state index in [4.69, 9.17) is 8.83 Å². The smallest absolute Gasteiger partial charge is 0.136 e. The minimum absolute atomic E-state index is 0.909. The monoisotopic (exact) mass is 610 g/mol. The van der Waals surface area contributed by atoms with E-state index in [2.05, 4.69) is 146 Å². The molecular formula is C46H26O2. The van der Waals surface area contributed by atoms with Crippen molar-refractivity contribution in [3.63, 3.8) is 0 Å². The van der Waals surface area contributed by atoms with Crippen molar-refractivity contribution in [2.45, 2.75) is 0 Å². The third-order valence-corrected chi connectivity index (χ3v) is 10.2. The fourth-order valence-electron chi connectivity index (χ4n) is 8.17. The van der Waals surface area contributed by atoms with Gasteiger partial charge in [-0.25, -0.2) is 0 Å². The van der Waals surface area contributed by atoms with E-state index in [0.29, 0.717) is 0 Å². The van der Waals surface area contributed by atoms with Crippen molar-refractivity contribution >= 4 is 76.2 Å². The number of hydrogen-bond donors (Lipinski definition) is 0. The van der Waals surface area contributed by atoms with Crippen molar-refractivity contribution < 1.29 is 8.83 Å². The molecule has 0 N–H and O–H groups in total. The van der Waals surface area contributed by atoms with E-state index in [9.17, 15) is 0 Å². The zero-order valence-corrected chi connectivity index (χ0v) is 25.8. The summed E-state index contributed by atoms with van der Waals surface area (Å²) in [6, 6.07) is 56.7. The fraction of sp³-hybridized carbons (Fsp3) is 0. The van der Waals surface area contributed by atoms with Gasteiger partial charge in [0, 0.05) is 21.5 Å². The van der Waals surface area contributed by atoms with Gasteiger partial charge in [0.25, 0.3) is 0 Å². The highest BCUT2D eigenvalue weighted by molar-refractivity contribution is 6.29. The first kappa shape index (κ1) is 25.8. The second-order valence-corrected chi connectivity index (χ2v) is 12.8. The number of para-hydroxylation sites is 1. The summed E-state index contributed by atoms with van der Waals surface area (Å²) < 4.78 is 12.6. The predicted octanol–water partition coefficient (Wildman–Crippen LogP) is 13.4. The molecule has 11 aromatic rings. The van der Waals surface area contributed by atoms with Gasteiger partial charge in [0.15, 0.2) is 0 Å². The van der Waals surface area contributed by atoms with Gasteiger partial charge in [-0.2, -0.15) is 0 Å². The molecule has 0 spiro atoms. The van der Waals surface area contributed by atoms with Crippen LogP contribution in [0.1, 0.15) is 0 Å². The quantitative estimate of drug-likeness (QED) is 0.147. The first-order valence-corrected chi connectivity index (χ1v) is 16.4. The lowest BCUT2D eigenvalue weighted by Crippen LogP contribution is -1.92. The van der Waals surface area contributed by atoms with Crippen LogP contribution in [0.2, 0.25) is 0 Å². The van der Waals surface area contributed by atoms with Crippen LogP contribution in [0.25, 0.3) is 110 Å². The average Bonchev–Trinajstić information content (AvgIpc) is 3.72. The van der Waals surface area contributed by atoms with Crippen molar-refractivity contribution in [2.75, 3.05) is 0 Å². The van der Waals surface area contributed by atoms with Crippen molar-refractivity contribution in [2.24, 2.45) is 0 Å². The van der Waals surface area contributed by atoms with Crippen LogP contribution in [-0.4, -0.2) is 0 Å². The number of fused-ring (bicyclic) bond motifs is 5. The number of benzene rings is 9. The Balaban J connectivity index is 1.18. The van der Waals surface area contributed by atoms with Crippen LogP contribution in [0.5, 0.6) is 0 Å². The van der Waals surface area contributed by atoms with E-state index in [0.717, 1.165) is 44.2 Å². The van der Waals surface area contributed by atoms with Gasteiger partial charge >= 0.3 is 0 Å². The Morgan fingerprint density at radius 2 is 0.833 bits per heavy atom. The Kier molecular flexibility index (Phi) is 5.14. The normalized spacial score (nSPS) is 12.2. The summed E-state index contributed by atoms with van der Waals surface area (Å²) in [7, 11) is 0. The first-order valence-electron chi connectivity index (χ1n) is 16.4. The molecule has 48 heavy (non-hydrogen) atoms. The lowest BCUT2D eigenvalue weighted by molar-refractivity contribution is 0.669. The standard InChI is InChI=1S/C46H26O2/c1-3-16-35-33(14-1)43(29-11-7-10-27(24-29)28-22-23-32-31-13-5-6-19-39(31)47-42(32)26-28)34-15-2-4-17-36(34)45(35)38-25-30-12-8-20-40-44(30)46-37(38)18-9-21-41(46)48-40/h1-26H. The summed E-state index contributed by atoms with van der Waals surface area (Å²) in [5.74, 6) is 0. The molecule has 0 atom stereocenters. The van der Waals surface area contributed by atoms with E-state index in [1.807, 2.05) is 12.1 Å². The highest BCUT2D eigenvalue weighted by Crippen LogP contribution is 2.48. The summed E-state index contributed by atoms with van der Waals surface area (Å²) in [6.07, 6.45) is 0. The van der Waals surface area contributed by atoms with E-state index in [1.54, 1.807) is 0 Å². The minimum Gasteiger partial charge on any atom is -0.456 e. The maximum Gasteiger partial charge on any atom is 0.136 e. The molecule has 0 saturated carbocycles. The van der Waals surface area contributed by atoms with Crippen LogP contribution in [0.15, 0.2) is 167 Å². The van der Waals surface area contributed by atoms with Crippen LogP contribution >= 0.6 is 0 Å². The lowest BCUT2D eigenvalue weighted by Gasteiger charge is -2.19. The molecule has 0 saturated heterocycles. The Morgan fingerprint density at radius 1 is 0.292 bits per heavy atom. The Labute approximate surface area is 275 Å². The third-order valence-electron chi connectivity index (χ3n) is 10.2. The maximum atomic E-state index is 6.34. The van der Waals surface area contributed by atoms with Gasteiger partial charge in [-0.1, -0.05) is 115 Å². The van der Waals surface area contributed by atoms with Crippen LogP contribution in [0, 0.1) is 0 Å². The van der Waals surface area contributed by atoms with Crippen LogP contribution in [0.3, 0.4) is 0 Å². The summed E-state index contributed by atoms with van der Waals surface area (Å²) in [6.45, 7) is 0. The van der Waals surface area contributed by atoms with E-state index >= 15 is 0 Å². The molecule has 0 bridgehead atoms. The molecule has 0 fully saturated rings. The van der Waals surface area contributed by atoms with E-state index in [-0.39, 0.29) is 0 Å². The first-order chi connectivity index (χ1) is 23.8. The molecule has 11 rings (SSSR count). The van der Waals surface area contributed by atoms with Gasteiger partial charge in [-0.3, -0.25) is 0 Å². The Hall–Kier alpha value is -6.38. The van der Waals surface area contributed by atoms with Crippen molar-refractivity contribution in [1.82, 2.24) is 0 Å². The predicted molar refractivity (Wildman–Crippen MR) is 201 cm³/mol. The number of furan rings is 2. The molecule has 0 unspecified atom stereocenters. The van der Waals surface area contributed by atoms with Crippen molar-refractivity contribution in [3.8, 4) is 33.4 Å². The van der Waals surface area contributed by atoms with Gasteiger partial charge in [0.2, 0.25) is 0 Å². The summed E-state index contributed by atoms with van der Waals surface area (Å²) in [4.78, 5) is 0. The minimum atomic E-state index is 0.909. The molecule has 222 valence electrons. The van der Waals surface area contributed by atoms with Gasteiger partial charge < -0.3 is 8.83 Å². The Bertz CT molecular complexity index is 3010. The number of rotatable bonds is 3. The fourth-order valence-corrected chi connectivity index (χ4v) is 8.17. The molecule has 2 heterocycles. The molecule has 2 nitrogen and oxygen atoms in total. The SMILES string of the molecule is c1cc(-c2ccc3c(c2)oc2ccccc23)cc(-c2c3ccccc3c(-c3cc4cccc5oc6cccc3c6c45)c3ccccc23)c1. The molecule has 2 heteroatoms. The average molecular weight is 611 g/mol. The summed E-state index contributed by atoms with van der Waals surface area (Å²) >= 11 is 0. The second-order valence-electron chi connectivity index (χ2n) is 12.8. The van der Waals surface area contributed by atoms with Crippen molar-refractivity contribution in [1.29, 1.82) is 0 Å². The maximum absolute atomic E-state index is 6.34. The molecule has 0 aliphatic rings. The molecule has 0 amide bonds. The van der Waals surface area contributed by atoms with Gasteiger partial charge in [-0.15, -0.1) is 0 Å². The zero-order valence-electron chi connectivity index (χ0n) is 25.8. The third kappa shape index (κ3) is 3.52. The molecular weight excluding hydrogens is 585 g/mol. The molecule has 0 aliphatic heterocycles. The highest BCUT2D eigenvalue weighted by atomic mass is 16.3. The highest BCUT2D eigenvalue weighted by Gasteiger charge is 2.21.